The zero-order valence-electron chi connectivity index (χ0n) is 23.3. The fourth-order valence-electron chi connectivity index (χ4n) is 6.05. The van der Waals surface area contributed by atoms with Gasteiger partial charge in [0.2, 0.25) is 0 Å². The Morgan fingerprint density at radius 3 is 2.29 bits per heavy atom. The van der Waals surface area contributed by atoms with Crippen molar-refractivity contribution >= 4 is 23.4 Å². The van der Waals surface area contributed by atoms with Gasteiger partial charge in [-0.2, -0.15) is 13.2 Å². The van der Waals surface area contributed by atoms with Gasteiger partial charge in [-0.3, -0.25) is 9.59 Å². The Kier molecular flexibility index (Phi) is 8.32. The van der Waals surface area contributed by atoms with Gasteiger partial charge in [-0.1, -0.05) is 35.9 Å². The topological polar surface area (TPSA) is 70.1 Å². The zero-order valence-corrected chi connectivity index (χ0v) is 24.0. The summed E-state index contributed by atoms with van der Waals surface area (Å²) in [6.07, 6.45) is 0.569. The highest BCUT2D eigenvalue weighted by Gasteiger charge is 2.62. The third-order valence-corrected chi connectivity index (χ3v) is 9.03. The second-order valence-corrected chi connectivity index (χ2v) is 12.4. The molecule has 1 unspecified atom stereocenters. The van der Waals surface area contributed by atoms with Crippen LogP contribution < -0.4 is 4.74 Å². The number of carbonyl (C=O) groups is 2. The molecular formula is C31H36ClF3N2O4. The van der Waals surface area contributed by atoms with Crippen LogP contribution in [0, 0.1) is 11.8 Å². The van der Waals surface area contributed by atoms with Gasteiger partial charge in [0.1, 0.15) is 5.75 Å². The largest absolute Gasteiger partial charge is 0.490 e. The minimum absolute atomic E-state index is 0.0429. The summed E-state index contributed by atoms with van der Waals surface area (Å²) in [5.74, 6) is 0.0872. The van der Waals surface area contributed by atoms with Crippen molar-refractivity contribution in [1.29, 1.82) is 0 Å². The highest BCUT2D eigenvalue weighted by atomic mass is 35.5. The first-order valence-electron chi connectivity index (χ1n) is 14.2. The molecule has 1 aliphatic heterocycles. The number of hydrogen-bond acceptors (Lipinski definition) is 4. The number of piperidine rings is 1. The Morgan fingerprint density at radius 1 is 1.02 bits per heavy atom. The number of nitrogens with zero attached hydrogens (tertiary/aromatic N) is 2. The number of hydrogen-bond donors (Lipinski definition) is 1. The molecule has 10 heteroatoms. The third kappa shape index (κ3) is 6.21. The number of likely N-dealkylation sites (tertiary alicyclic amines) is 1. The van der Waals surface area contributed by atoms with E-state index >= 15 is 0 Å². The monoisotopic (exact) mass is 592 g/mol. The van der Waals surface area contributed by atoms with Crippen molar-refractivity contribution in [3.05, 3.63) is 64.2 Å². The van der Waals surface area contributed by atoms with E-state index in [2.05, 4.69) is 0 Å². The lowest BCUT2D eigenvalue weighted by molar-refractivity contribution is -0.262. The fraction of sp³-hybridized carbons (Fsp3) is 0.548. The van der Waals surface area contributed by atoms with E-state index < -0.39 is 23.2 Å². The molecule has 2 amide bonds. The molecule has 222 valence electrons. The van der Waals surface area contributed by atoms with Gasteiger partial charge in [0.05, 0.1) is 16.7 Å². The lowest BCUT2D eigenvalue weighted by atomic mass is 9.74. The molecule has 3 fully saturated rings. The van der Waals surface area contributed by atoms with E-state index in [1.807, 2.05) is 0 Å². The van der Waals surface area contributed by atoms with E-state index in [1.165, 1.54) is 28.0 Å². The highest BCUT2D eigenvalue weighted by molar-refractivity contribution is 6.34. The third-order valence-electron chi connectivity index (χ3n) is 8.71. The summed E-state index contributed by atoms with van der Waals surface area (Å²) in [6.45, 7) is 0.376. The first kappa shape index (κ1) is 29.7. The zero-order chi connectivity index (χ0) is 29.5. The second kappa shape index (κ2) is 11.5. The van der Waals surface area contributed by atoms with E-state index in [0.717, 1.165) is 37.7 Å². The number of alkyl halides is 3. The normalized spacial score (nSPS) is 23.0. The average molecular weight is 593 g/mol. The molecule has 6 nitrogen and oxygen atoms in total. The molecule has 2 saturated carbocycles. The molecule has 1 atom stereocenters. The van der Waals surface area contributed by atoms with E-state index in [9.17, 15) is 27.9 Å². The predicted octanol–water partition coefficient (Wildman–Crippen LogP) is 6.16. The van der Waals surface area contributed by atoms with Crippen LogP contribution in [0.4, 0.5) is 13.2 Å². The highest BCUT2D eigenvalue weighted by Crippen LogP contribution is 2.45. The summed E-state index contributed by atoms with van der Waals surface area (Å²) >= 11 is 6.28. The van der Waals surface area contributed by atoms with Crippen LogP contribution in [-0.2, 0) is 10.4 Å². The quantitative estimate of drug-likeness (QED) is 0.399. The minimum atomic E-state index is -5.13. The summed E-state index contributed by atoms with van der Waals surface area (Å²) in [7, 11) is 3.33. The van der Waals surface area contributed by atoms with Gasteiger partial charge in [0.25, 0.3) is 17.4 Å². The van der Waals surface area contributed by atoms with Crippen molar-refractivity contribution in [2.75, 3.05) is 27.2 Å². The van der Waals surface area contributed by atoms with Crippen molar-refractivity contribution in [1.82, 2.24) is 9.80 Å². The van der Waals surface area contributed by atoms with Gasteiger partial charge >= 0.3 is 6.18 Å². The molecule has 0 bridgehead atoms. The number of benzene rings is 2. The van der Waals surface area contributed by atoms with Gasteiger partial charge in [0.15, 0.2) is 0 Å². The first-order chi connectivity index (χ1) is 19.4. The van der Waals surface area contributed by atoms with Crippen LogP contribution in [0.1, 0.15) is 72.3 Å². The molecule has 2 aromatic rings. The molecule has 3 aliphatic rings. The number of carbonyl (C=O) groups excluding carboxylic acids is 2. The van der Waals surface area contributed by atoms with Gasteiger partial charge < -0.3 is 19.6 Å². The van der Waals surface area contributed by atoms with Crippen LogP contribution in [0.15, 0.2) is 42.5 Å². The van der Waals surface area contributed by atoms with Crippen LogP contribution in [0.2, 0.25) is 5.02 Å². The van der Waals surface area contributed by atoms with Gasteiger partial charge in [-0.25, -0.2) is 0 Å². The number of ether oxygens (including phenoxy) is 1. The van der Waals surface area contributed by atoms with Crippen molar-refractivity contribution in [3.8, 4) is 5.75 Å². The molecular weight excluding hydrogens is 557 g/mol. The van der Waals surface area contributed by atoms with Crippen LogP contribution in [0.5, 0.6) is 5.75 Å². The first-order valence-corrected chi connectivity index (χ1v) is 14.6. The Balaban J connectivity index is 1.12. The Hall–Kier alpha value is -2.78. The SMILES string of the molecule is CN(C)C(=O)c1ccc(O[C@H]2C[C@@H](CC3CCN(C(=O)C(O)(c4cccc(C5CC5)c4)C(F)(F)F)CC3)C2)cc1Cl. The molecule has 2 aromatic carbocycles. The summed E-state index contributed by atoms with van der Waals surface area (Å²) in [4.78, 5) is 28.0. The average Bonchev–Trinajstić information content (AvgIpc) is 3.76. The summed E-state index contributed by atoms with van der Waals surface area (Å²) in [5.41, 5.74) is -2.80. The molecule has 1 heterocycles. The predicted molar refractivity (Wildman–Crippen MR) is 149 cm³/mol. The lowest BCUT2D eigenvalue weighted by Crippen LogP contribution is -2.57. The van der Waals surface area contributed by atoms with Gasteiger partial charge in [-0.05, 0) is 86.5 Å². The number of rotatable bonds is 8. The second-order valence-electron chi connectivity index (χ2n) is 12.0. The lowest BCUT2D eigenvalue weighted by Gasteiger charge is -2.41. The van der Waals surface area contributed by atoms with Crippen molar-refractivity contribution in [2.24, 2.45) is 11.8 Å². The molecule has 5 rings (SSSR count). The van der Waals surface area contributed by atoms with Crippen LogP contribution in [0.25, 0.3) is 0 Å². The Labute approximate surface area is 243 Å². The number of halogens is 4. The van der Waals surface area contributed by atoms with Crippen molar-refractivity contribution in [3.63, 3.8) is 0 Å². The molecule has 0 aromatic heterocycles. The maximum Gasteiger partial charge on any atom is 0.430 e. The minimum Gasteiger partial charge on any atom is -0.490 e. The molecule has 41 heavy (non-hydrogen) atoms. The number of aliphatic hydroxyl groups is 1. The number of amides is 2. The molecule has 0 spiro atoms. The summed E-state index contributed by atoms with van der Waals surface area (Å²) in [5, 5.41) is 11.2. The van der Waals surface area contributed by atoms with Gasteiger partial charge in [0, 0.05) is 32.7 Å². The van der Waals surface area contributed by atoms with Crippen LogP contribution in [-0.4, -0.2) is 66.2 Å². The standard InChI is InChI=1S/C31H36ClF3N2O4/c1-36(2)28(38)26-9-8-24(18-27(26)32)41-25-15-20(16-25)14-19-10-12-37(13-11-19)29(39)30(40,31(33,34)35)23-5-3-4-22(17-23)21-6-7-21/h3-5,8-9,17-21,25,40H,6-7,10-16H2,1-2H3/t20-,25+,30?. The van der Waals surface area contributed by atoms with Gasteiger partial charge in [-0.15, -0.1) is 0 Å². The Bertz CT molecular complexity index is 1280. The summed E-state index contributed by atoms with van der Waals surface area (Å²) < 4.78 is 48.7. The summed E-state index contributed by atoms with van der Waals surface area (Å²) in [6, 6.07) is 10.8. The van der Waals surface area contributed by atoms with E-state index in [1.54, 1.807) is 38.4 Å². The maximum absolute atomic E-state index is 14.2. The molecule has 1 N–H and O–H groups in total. The maximum atomic E-state index is 14.2. The fourth-order valence-corrected chi connectivity index (χ4v) is 6.31. The molecule has 1 saturated heterocycles. The van der Waals surface area contributed by atoms with Crippen LogP contribution in [0.3, 0.4) is 0 Å². The van der Waals surface area contributed by atoms with Crippen molar-refractivity contribution < 1.29 is 32.6 Å². The van der Waals surface area contributed by atoms with E-state index in [4.69, 9.17) is 16.3 Å². The molecule has 2 aliphatic carbocycles. The van der Waals surface area contributed by atoms with E-state index in [0.29, 0.717) is 41.0 Å². The molecule has 0 radical (unpaired) electrons. The smallest absolute Gasteiger partial charge is 0.430 e. The van der Waals surface area contributed by atoms with E-state index in [-0.39, 0.29) is 31.0 Å². The van der Waals surface area contributed by atoms with Crippen LogP contribution >= 0.6 is 11.6 Å². The Morgan fingerprint density at radius 2 is 1.71 bits per heavy atom. The van der Waals surface area contributed by atoms with Crippen molar-refractivity contribution in [2.45, 2.75) is 68.7 Å².